The van der Waals surface area contributed by atoms with Crippen molar-refractivity contribution in [1.29, 1.82) is 5.26 Å². The molecule has 4 heteroatoms. The number of benzene rings is 2. The molecule has 0 saturated heterocycles. The maximum Gasteiger partial charge on any atom is 0.136 e. The first kappa shape index (κ1) is 13.9. The van der Waals surface area contributed by atoms with Crippen LogP contribution in [0.1, 0.15) is 16.7 Å². The van der Waals surface area contributed by atoms with E-state index in [2.05, 4.69) is 6.07 Å². The highest BCUT2D eigenvalue weighted by Crippen LogP contribution is 2.21. The number of methoxy groups -OCH3 is 1. The molecule has 0 N–H and O–H groups in total. The van der Waals surface area contributed by atoms with E-state index in [1.54, 1.807) is 31.2 Å². The van der Waals surface area contributed by atoms with Crippen molar-refractivity contribution < 1.29 is 13.9 Å². The number of ether oxygens (including phenoxy) is 2. The highest BCUT2D eigenvalue weighted by Gasteiger charge is 2.05. The van der Waals surface area contributed by atoms with Crippen LogP contribution in [0.3, 0.4) is 0 Å². The zero-order chi connectivity index (χ0) is 14.5. The van der Waals surface area contributed by atoms with E-state index in [4.69, 9.17) is 14.7 Å². The molecule has 0 heterocycles. The Morgan fingerprint density at radius 2 is 2.00 bits per heavy atom. The molecule has 0 spiro atoms. The van der Waals surface area contributed by atoms with Crippen molar-refractivity contribution in [3.63, 3.8) is 0 Å². The molecule has 3 nitrogen and oxygen atoms in total. The summed E-state index contributed by atoms with van der Waals surface area (Å²) in [6.07, 6.45) is 0. The van der Waals surface area contributed by atoms with Crippen LogP contribution in [-0.4, -0.2) is 7.11 Å². The second kappa shape index (κ2) is 6.07. The van der Waals surface area contributed by atoms with Gasteiger partial charge in [0.1, 0.15) is 30.0 Å². The Morgan fingerprint density at radius 1 is 1.20 bits per heavy atom. The van der Waals surface area contributed by atoms with E-state index < -0.39 is 0 Å². The molecule has 0 bridgehead atoms. The van der Waals surface area contributed by atoms with Gasteiger partial charge < -0.3 is 9.47 Å². The van der Waals surface area contributed by atoms with Crippen LogP contribution in [0.15, 0.2) is 36.4 Å². The third-order valence-corrected chi connectivity index (χ3v) is 2.92. The molecular weight excluding hydrogens is 257 g/mol. The fourth-order valence-electron chi connectivity index (χ4n) is 1.81. The lowest BCUT2D eigenvalue weighted by Gasteiger charge is -2.09. The fraction of sp³-hybridized carbons (Fsp3) is 0.188. The van der Waals surface area contributed by atoms with Gasteiger partial charge in [-0.2, -0.15) is 5.26 Å². The third-order valence-electron chi connectivity index (χ3n) is 2.92. The van der Waals surface area contributed by atoms with Gasteiger partial charge in [-0.3, -0.25) is 0 Å². The van der Waals surface area contributed by atoms with Gasteiger partial charge in [-0.1, -0.05) is 6.07 Å². The largest absolute Gasteiger partial charge is 0.495 e. The molecule has 2 aromatic rings. The van der Waals surface area contributed by atoms with Crippen molar-refractivity contribution in [2.75, 3.05) is 7.11 Å². The number of nitriles is 1. The van der Waals surface area contributed by atoms with E-state index in [-0.39, 0.29) is 5.82 Å². The Hall–Kier alpha value is -2.54. The van der Waals surface area contributed by atoms with Crippen LogP contribution in [0.4, 0.5) is 4.39 Å². The molecular formula is C16H14FNO2. The summed E-state index contributed by atoms with van der Waals surface area (Å²) < 4.78 is 23.8. The smallest absolute Gasteiger partial charge is 0.136 e. The quantitative estimate of drug-likeness (QED) is 0.853. The van der Waals surface area contributed by atoms with Gasteiger partial charge in [0, 0.05) is 0 Å². The summed E-state index contributed by atoms with van der Waals surface area (Å²) in [4.78, 5) is 0. The molecule has 0 aliphatic rings. The van der Waals surface area contributed by atoms with E-state index in [1.165, 1.54) is 13.2 Å². The molecule has 0 atom stereocenters. The molecule has 2 rings (SSSR count). The van der Waals surface area contributed by atoms with Crippen LogP contribution in [0.2, 0.25) is 0 Å². The summed E-state index contributed by atoms with van der Waals surface area (Å²) in [5, 5.41) is 9.01. The number of rotatable bonds is 4. The standard InChI is InChI=1S/C16H14FNO2/c1-11-7-14(4-5-15(11)17)20-10-12-3-6-16(19-2)13(8-12)9-18/h3-8H,10H2,1-2H3. The summed E-state index contributed by atoms with van der Waals surface area (Å²) in [5.41, 5.74) is 1.85. The third kappa shape index (κ3) is 3.07. The lowest BCUT2D eigenvalue weighted by molar-refractivity contribution is 0.305. The number of hydrogen-bond donors (Lipinski definition) is 0. The second-order valence-electron chi connectivity index (χ2n) is 4.35. The number of nitrogens with zero attached hydrogens (tertiary/aromatic N) is 1. The van der Waals surface area contributed by atoms with Crippen molar-refractivity contribution in [3.8, 4) is 17.6 Å². The molecule has 2 aromatic carbocycles. The van der Waals surface area contributed by atoms with E-state index >= 15 is 0 Å². The van der Waals surface area contributed by atoms with Crippen molar-refractivity contribution in [1.82, 2.24) is 0 Å². The summed E-state index contributed by atoms with van der Waals surface area (Å²) >= 11 is 0. The first-order valence-corrected chi connectivity index (χ1v) is 6.10. The van der Waals surface area contributed by atoms with Crippen molar-refractivity contribution in [2.45, 2.75) is 13.5 Å². The van der Waals surface area contributed by atoms with E-state index in [1.807, 2.05) is 6.07 Å². The highest BCUT2D eigenvalue weighted by atomic mass is 19.1. The molecule has 0 saturated carbocycles. The van der Waals surface area contributed by atoms with Crippen molar-refractivity contribution in [3.05, 3.63) is 58.9 Å². The zero-order valence-electron chi connectivity index (χ0n) is 11.3. The minimum Gasteiger partial charge on any atom is -0.495 e. The van der Waals surface area contributed by atoms with Crippen LogP contribution >= 0.6 is 0 Å². The van der Waals surface area contributed by atoms with Gasteiger partial charge in [0.15, 0.2) is 0 Å². The van der Waals surface area contributed by atoms with Crippen molar-refractivity contribution >= 4 is 0 Å². The molecule has 0 amide bonds. The fourth-order valence-corrected chi connectivity index (χ4v) is 1.81. The predicted molar refractivity (Wildman–Crippen MR) is 73.2 cm³/mol. The number of hydrogen-bond acceptors (Lipinski definition) is 3. The molecule has 0 fully saturated rings. The predicted octanol–water partition coefficient (Wildman–Crippen LogP) is 3.59. The van der Waals surface area contributed by atoms with E-state index in [0.29, 0.717) is 29.2 Å². The van der Waals surface area contributed by atoms with Gasteiger partial charge in [0.2, 0.25) is 0 Å². The minimum atomic E-state index is -0.256. The van der Waals surface area contributed by atoms with Crippen LogP contribution in [0, 0.1) is 24.1 Å². The van der Waals surface area contributed by atoms with Gasteiger partial charge in [-0.05, 0) is 48.4 Å². The minimum absolute atomic E-state index is 0.256. The maximum absolute atomic E-state index is 13.1. The summed E-state index contributed by atoms with van der Waals surface area (Å²) in [5.74, 6) is 0.876. The number of halogens is 1. The Kier molecular flexibility index (Phi) is 4.21. The van der Waals surface area contributed by atoms with Crippen LogP contribution in [-0.2, 0) is 6.61 Å². The van der Waals surface area contributed by atoms with Gasteiger partial charge in [0.25, 0.3) is 0 Å². The molecule has 0 unspecified atom stereocenters. The zero-order valence-corrected chi connectivity index (χ0v) is 11.3. The van der Waals surface area contributed by atoms with E-state index in [0.717, 1.165) is 5.56 Å². The molecule has 20 heavy (non-hydrogen) atoms. The number of aryl methyl sites for hydroxylation is 1. The second-order valence-corrected chi connectivity index (χ2v) is 4.35. The first-order chi connectivity index (χ1) is 9.63. The molecule has 0 aromatic heterocycles. The van der Waals surface area contributed by atoms with Gasteiger partial charge >= 0.3 is 0 Å². The molecule has 0 aliphatic carbocycles. The van der Waals surface area contributed by atoms with Gasteiger partial charge in [0.05, 0.1) is 12.7 Å². The summed E-state index contributed by atoms with van der Waals surface area (Å²) in [6, 6.07) is 11.9. The summed E-state index contributed by atoms with van der Waals surface area (Å²) in [7, 11) is 1.52. The Balaban J connectivity index is 2.11. The van der Waals surface area contributed by atoms with Gasteiger partial charge in [-0.15, -0.1) is 0 Å². The average Bonchev–Trinajstić information content (AvgIpc) is 2.48. The average molecular weight is 271 g/mol. The molecule has 0 aliphatic heterocycles. The Morgan fingerprint density at radius 3 is 2.65 bits per heavy atom. The molecule has 0 radical (unpaired) electrons. The van der Waals surface area contributed by atoms with E-state index in [9.17, 15) is 4.39 Å². The van der Waals surface area contributed by atoms with Crippen molar-refractivity contribution in [2.24, 2.45) is 0 Å². The lowest BCUT2D eigenvalue weighted by Crippen LogP contribution is -1.98. The van der Waals surface area contributed by atoms with Gasteiger partial charge in [-0.25, -0.2) is 4.39 Å². The Bertz CT molecular complexity index is 662. The monoisotopic (exact) mass is 271 g/mol. The summed E-state index contributed by atoms with van der Waals surface area (Å²) in [6.45, 7) is 1.99. The maximum atomic E-state index is 13.1. The lowest BCUT2D eigenvalue weighted by atomic mass is 10.1. The topological polar surface area (TPSA) is 42.2 Å². The Labute approximate surface area is 117 Å². The van der Waals surface area contributed by atoms with Crippen LogP contribution in [0.25, 0.3) is 0 Å². The normalized spacial score (nSPS) is 9.90. The molecule has 102 valence electrons. The van der Waals surface area contributed by atoms with Crippen LogP contribution < -0.4 is 9.47 Å². The SMILES string of the molecule is COc1ccc(COc2ccc(F)c(C)c2)cc1C#N. The first-order valence-electron chi connectivity index (χ1n) is 6.10. The van der Waals surface area contributed by atoms with Crippen LogP contribution in [0.5, 0.6) is 11.5 Å². The highest BCUT2D eigenvalue weighted by molar-refractivity contribution is 5.45.